The molecule has 0 bridgehead atoms. The Morgan fingerprint density at radius 1 is 0.967 bits per heavy atom. The van der Waals surface area contributed by atoms with Crippen LogP contribution in [-0.4, -0.2) is 48.0 Å². The van der Waals surface area contributed by atoms with Gasteiger partial charge in [-0.15, -0.1) is 10.2 Å². The fourth-order valence-corrected chi connectivity index (χ4v) is 4.24. The largest absolute Gasteiger partial charge is 0.507 e. The Hall–Kier alpha value is -3.55. The molecule has 0 unspecified atom stereocenters. The van der Waals surface area contributed by atoms with E-state index in [0.29, 0.717) is 29.0 Å². The summed E-state index contributed by atoms with van der Waals surface area (Å²) in [6.07, 6.45) is 6.40. The molecule has 1 N–H and O–H groups in total. The van der Waals surface area contributed by atoms with Gasteiger partial charge in [-0.3, -0.25) is 0 Å². The van der Waals surface area contributed by atoms with Crippen molar-refractivity contribution in [3.8, 4) is 28.3 Å². The Kier molecular flexibility index (Phi) is 4.54. The fourth-order valence-electron chi connectivity index (χ4n) is 4.24. The SMILES string of the molecule is C[C@@H]1C[C@H](C)CN(c2ncc(-c3ccc(-c4ccc5nccn5n4)cc3O)nn2)C1. The number of phenolic OH excluding ortho intramolecular Hbond substituents is 1. The average molecular weight is 401 g/mol. The normalized spacial score (nSPS) is 19.3. The molecule has 1 fully saturated rings. The number of piperidine rings is 1. The Labute approximate surface area is 174 Å². The Balaban J connectivity index is 1.40. The summed E-state index contributed by atoms with van der Waals surface area (Å²) in [5.74, 6) is 1.99. The van der Waals surface area contributed by atoms with Crippen molar-refractivity contribution in [2.45, 2.75) is 20.3 Å². The van der Waals surface area contributed by atoms with E-state index >= 15 is 0 Å². The highest BCUT2D eigenvalue weighted by Gasteiger charge is 2.24. The molecule has 4 aromatic rings. The van der Waals surface area contributed by atoms with Gasteiger partial charge in [0.25, 0.3) is 0 Å². The molecule has 3 aromatic heterocycles. The van der Waals surface area contributed by atoms with Crippen LogP contribution in [0.3, 0.4) is 0 Å². The zero-order chi connectivity index (χ0) is 20.7. The van der Waals surface area contributed by atoms with Crippen molar-refractivity contribution in [2.24, 2.45) is 11.8 Å². The fraction of sp³-hybridized carbons (Fsp3) is 0.318. The molecule has 30 heavy (non-hydrogen) atoms. The van der Waals surface area contributed by atoms with Gasteiger partial charge in [-0.1, -0.05) is 19.9 Å². The van der Waals surface area contributed by atoms with E-state index in [9.17, 15) is 5.11 Å². The third-order valence-electron chi connectivity index (χ3n) is 5.53. The van der Waals surface area contributed by atoms with E-state index in [2.05, 4.69) is 44.0 Å². The minimum absolute atomic E-state index is 0.115. The van der Waals surface area contributed by atoms with Gasteiger partial charge in [0.15, 0.2) is 5.65 Å². The highest BCUT2D eigenvalue weighted by atomic mass is 16.3. The highest BCUT2D eigenvalue weighted by molar-refractivity contribution is 5.72. The van der Waals surface area contributed by atoms with E-state index in [-0.39, 0.29) is 5.75 Å². The number of phenols is 1. The molecule has 1 aliphatic rings. The van der Waals surface area contributed by atoms with Gasteiger partial charge in [0, 0.05) is 36.6 Å². The standard InChI is InChI=1S/C22H23N7O/c1-14-9-15(2)13-28(12-14)22-24-11-19(25-26-22)17-4-3-16(10-20(17)30)18-5-6-21-23-7-8-29(21)27-18/h3-8,10-11,14-15,30H,9,12-13H2,1-2H3/t14-,15+. The molecule has 0 saturated carbocycles. The number of benzene rings is 1. The van der Waals surface area contributed by atoms with Crippen LogP contribution in [-0.2, 0) is 0 Å². The van der Waals surface area contributed by atoms with Crippen LogP contribution in [0.1, 0.15) is 20.3 Å². The van der Waals surface area contributed by atoms with E-state index in [0.717, 1.165) is 30.0 Å². The lowest BCUT2D eigenvalue weighted by Crippen LogP contribution is -2.39. The third-order valence-corrected chi connectivity index (χ3v) is 5.53. The summed E-state index contributed by atoms with van der Waals surface area (Å²) in [4.78, 5) is 10.9. The summed E-state index contributed by atoms with van der Waals surface area (Å²) >= 11 is 0. The average Bonchev–Trinajstić information content (AvgIpc) is 3.21. The Morgan fingerprint density at radius 3 is 2.53 bits per heavy atom. The lowest BCUT2D eigenvalue weighted by atomic mass is 9.92. The first-order valence-electron chi connectivity index (χ1n) is 10.2. The van der Waals surface area contributed by atoms with Crippen molar-refractivity contribution in [2.75, 3.05) is 18.0 Å². The van der Waals surface area contributed by atoms with Gasteiger partial charge in [-0.25, -0.2) is 14.5 Å². The highest BCUT2D eigenvalue weighted by Crippen LogP contribution is 2.32. The summed E-state index contributed by atoms with van der Waals surface area (Å²) in [5, 5.41) is 23.8. The smallest absolute Gasteiger partial charge is 0.245 e. The van der Waals surface area contributed by atoms with E-state index in [1.165, 1.54) is 6.42 Å². The maximum atomic E-state index is 10.6. The second kappa shape index (κ2) is 7.37. The van der Waals surface area contributed by atoms with E-state index in [1.54, 1.807) is 29.2 Å². The van der Waals surface area contributed by atoms with Gasteiger partial charge in [0.2, 0.25) is 5.95 Å². The maximum Gasteiger partial charge on any atom is 0.245 e. The van der Waals surface area contributed by atoms with Crippen LogP contribution in [0.25, 0.3) is 28.2 Å². The van der Waals surface area contributed by atoms with Gasteiger partial charge in [-0.2, -0.15) is 5.10 Å². The first-order chi connectivity index (χ1) is 14.6. The summed E-state index contributed by atoms with van der Waals surface area (Å²) in [7, 11) is 0. The lowest BCUT2D eigenvalue weighted by molar-refractivity contribution is 0.353. The number of aromatic hydroxyl groups is 1. The molecule has 0 aliphatic carbocycles. The van der Waals surface area contributed by atoms with Gasteiger partial charge in [0.05, 0.1) is 11.9 Å². The van der Waals surface area contributed by atoms with Crippen molar-refractivity contribution in [1.29, 1.82) is 0 Å². The second-order valence-electron chi connectivity index (χ2n) is 8.17. The Bertz CT molecular complexity index is 1180. The molecule has 1 aliphatic heterocycles. The molecule has 8 heteroatoms. The van der Waals surface area contributed by atoms with Crippen LogP contribution >= 0.6 is 0 Å². The quantitative estimate of drug-likeness (QED) is 0.562. The second-order valence-corrected chi connectivity index (χ2v) is 8.17. The number of fused-ring (bicyclic) bond motifs is 1. The molecule has 0 spiro atoms. The molecule has 0 radical (unpaired) electrons. The molecular formula is C22H23N7O. The zero-order valence-corrected chi connectivity index (χ0v) is 17.0. The third kappa shape index (κ3) is 3.45. The molecule has 4 heterocycles. The lowest BCUT2D eigenvalue weighted by Gasteiger charge is -2.34. The van der Waals surface area contributed by atoms with Crippen LogP contribution in [0, 0.1) is 11.8 Å². The molecule has 8 nitrogen and oxygen atoms in total. The molecule has 5 rings (SSSR count). The summed E-state index contributed by atoms with van der Waals surface area (Å²) in [6.45, 7) is 6.39. The van der Waals surface area contributed by atoms with Crippen LogP contribution in [0.2, 0.25) is 0 Å². The topological polar surface area (TPSA) is 92.3 Å². The molecule has 2 atom stereocenters. The number of hydrogen-bond acceptors (Lipinski definition) is 7. The molecular weight excluding hydrogens is 378 g/mol. The summed E-state index contributed by atoms with van der Waals surface area (Å²) in [6, 6.07) is 9.19. The number of aromatic nitrogens is 6. The van der Waals surface area contributed by atoms with Gasteiger partial charge in [-0.05, 0) is 42.5 Å². The van der Waals surface area contributed by atoms with Crippen LogP contribution in [0.15, 0.2) is 48.9 Å². The van der Waals surface area contributed by atoms with Crippen LogP contribution in [0.5, 0.6) is 5.75 Å². The van der Waals surface area contributed by atoms with Crippen LogP contribution in [0.4, 0.5) is 5.95 Å². The molecule has 152 valence electrons. The van der Waals surface area contributed by atoms with Crippen molar-refractivity contribution >= 4 is 11.6 Å². The number of imidazole rings is 1. The van der Waals surface area contributed by atoms with Crippen molar-refractivity contribution in [3.05, 3.63) is 48.9 Å². The van der Waals surface area contributed by atoms with Crippen molar-refractivity contribution in [1.82, 2.24) is 29.8 Å². The van der Waals surface area contributed by atoms with E-state index in [4.69, 9.17) is 0 Å². The number of hydrogen-bond donors (Lipinski definition) is 1. The predicted molar refractivity (Wildman–Crippen MR) is 114 cm³/mol. The van der Waals surface area contributed by atoms with Crippen LogP contribution < -0.4 is 4.90 Å². The van der Waals surface area contributed by atoms with Crippen molar-refractivity contribution < 1.29 is 5.11 Å². The molecule has 1 saturated heterocycles. The maximum absolute atomic E-state index is 10.6. The number of rotatable bonds is 3. The molecule has 1 aromatic carbocycles. The summed E-state index contributed by atoms with van der Waals surface area (Å²) in [5.41, 5.74) is 3.46. The van der Waals surface area contributed by atoms with Gasteiger partial charge in [0.1, 0.15) is 11.4 Å². The van der Waals surface area contributed by atoms with Crippen molar-refractivity contribution in [3.63, 3.8) is 0 Å². The van der Waals surface area contributed by atoms with E-state index in [1.807, 2.05) is 24.3 Å². The summed E-state index contributed by atoms with van der Waals surface area (Å²) < 4.78 is 1.71. The monoisotopic (exact) mass is 401 g/mol. The van der Waals surface area contributed by atoms with Gasteiger partial charge >= 0.3 is 0 Å². The number of nitrogens with zero attached hydrogens (tertiary/aromatic N) is 7. The minimum atomic E-state index is 0.115. The Morgan fingerprint density at radius 2 is 1.80 bits per heavy atom. The minimum Gasteiger partial charge on any atom is -0.507 e. The predicted octanol–water partition coefficient (Wildman–Crippen LogP) is 3.44. The number of anilines is 1. The van der Waals surface area contributed by atoms with E-state index < -0.39 is 0 Å². The van der Waals surface area contributed by atoms with Gasteiger partial charge < -0.3 is 10.0 Å². The molecule has 0 amide bonds. The zero-order valence-electron chi connectivity index (χ0n) is 17.0. The first kappa shape index (κ1) is 18.5. The first-order valence-corrected chi connectivity index (χ1v) is 10.2.